The highest BCUT2D eigenvalue weighted by molar-refractivity contribution is 5.71. The van der Waals surface area contributed by atoms with E-state index in [-0.39, 0.29) is 31.1 Å². The van der Waals surface area contributed by atoms with Crippen molar-refractivity contribution in [3.63, 3.8) is 0 Å². The van der Waals surface area contributed by atoms with Gasteiger partial charge in [-0.1, -0.05) is 314 Å². The van der Waals surface area contributed by atoms with Crippen LogP contribution in [0.3, 0.4) is 0 Å². The predicted octanol–water partition coefficient (Wildman–Crippen LogP) is 22.0. The summed E-state index contributed by atoms with van der Waals surface area (Å²) in [6.45, 7) is 6.62. The highest BCUT2D eigenvalue weighted by Crippen LogP contribution is 2.18. The summed E-state index contributed by atoms with van der Waals surface area (Å²) in [6, 6.07) is 0. The van der Waals surface area contributed by atoms with Gasteiger partial charge in [0, 0.05) is 19.3 Å². The van der Waals surface area contributed by atoms with Crippen molar-refractivity contribution < 1.29 is 28.6 Å². The fourth-order valence-electron chi connectivity index (χ4n) is 9.75. The summed E-state index contributed by atoms with van der Waals surface area (Å²) in [6.07, 6.45) is 76.3. The van der Waals surface area contributed by atoms with Gasteiger partial charge in [0.05, 0.1) is 0 Å². The highest BCUT2D eigenvalue weighted by Gasteiger charge is 2.19. The Hall–Kier alpha value is -2.37. The number of unbranched alkanes of at least 4 members (excludes halogenated alkanes) is 43. The molecular weight excluding hydrogens is 901 g/mol. The van der Waals surface area contributed by atoms with Gasteiger partial charge in [0.2, 0.25) is 0 Å². The van der Waals surface area contributed by atoms with Gasteiger partial charge in [-0.15, -0.1) is 0 Å². The van der Waals surface area contributed by atoms with E-state index >= 15 is 0 Å². The van der Waals surface area contributed by atoms with E-state index in [2.05, 4.69) is 57.2 Å². The Bertz CT molecular complexity index is 1220. The lowest BCUT2D eigenvalue weighted by atomic mass is 10.0. The van der Waals surface area contributed by atoms with Crippen LogP contribution >= 0.6 is 0 Å². The number of esters is 3. The van der Waals surface area contributed by atoms with Gasteiger partial charge < -0.3 is 14.2 Å². The standard InChI is InChI=1S/C67H124O6/c1-4-7-10-13-16-18-20-22-24-26-27-28-29-30-31-32-33-34-35-36-37-38-39-40-41-42-44-45-47-49-51-54-57-60-66(69)72-63-64(62-71-65(68)59-56-53-15-12-9-6-3)73-67(70)61-58-55-52-50-48-46-43-25-23-21-19-17-14-11-8-5-2/h20,22,26-27,29-30,64H,4-19,21,23-25,28,31-63H2,1-3H3/b22-20-,27-26-,30-29-. The first-order valence-electron chi connectivity index (χ1n) is 32.5. The molecule has 0 heterocycles. The van der Waals surface area contributed by atoms with Gasteiger partial charge in [-0.3, -0.25) is 14.4 Å². The van der Waals surface area contributed by atoms with Crippen LogP contribution in [-0.4, -0.2) is 37.2 Å². The Morgan fingerprint density at radius 2 is 0.493 bits per heavy atom. The van der Waals surface area contributed by atoms with E-state index < -0.39 is 6.10 Å². The van der Waals surface area contributed by atoms with Crippen LogP contribution in [0.1, 0.15) is 355 Å². The van der Waals surface area contributed by atoms with Crippen LogP contribution < -0.4 is 0 Å². The summed E-state index contributed by atoms with van der Waals surface area (Å²) in [4.78, 5) is 37.9. The van der Waals surface area contributed by atoms with E-state index in [0.717, 1.165) is 70.6 Å². The fraction of sp³-hybridized carbons (Fsp3) is 0.866. The zero-order valence-corrected chi connectivity index (χ0v) is 49.2. The minimum atomic E-state index is -0.764. The van der Waals surface area contributed by atoms with E-state index in [0.29, 0.717) is 19.3 Å². The van der Waals surface area contributed by atoms with E-state index in [9.17, 15) is 14.4 Å². The molecule has 0 aromatic heterocycles. The number of allylic oxidation sites excluding steroid dienone is 6. The fourth-order valence-corrected chi connectivity index (χ4v) is 9.75. The van der Waals surface area contributed by atoms with Crippen LogP contribution in [-0.2, 0) is 28.6 Å². The summed E-state index contributed by atoms with van der Waals surface area (Å²) < 4.78 is 16.8. The summed E-state index contributed by atoms with van der Waals surface area (Å²) in [5.74, 6) is -0.854. The van der Waals surface area contributed by atoms with Crippen molar-refractivity contribution >= 4 is 17.9 Å². The average molecular weight is 1030 g/mol. The SMILES string of the molecule is CCCCCCC/C=C\C/C=C\C/C=C\CCCCCCCCCCCCCCCCCCCCC(=O)OCC(COC(=O)CCCCCCCC)OC(=O)CCCCCCCCCCCCCCCCCC. The Morgan fingerprint density at radius 3 is 0.767 bits per heavy atom. The van der Waals surface area contributed by atoms with Crippen LogP contribution in [0.25, 0.3) is 0 Å². The second-order valence-corrected chi connectivity index (χ2v) is 22.0. The Kier molecular flexibility index (Phi) is 60.2. The molecule has 0 spiro atoms. The quantitative estimate of drug-likeness (QED) is 0.0261. The second-order valence-electron chi connectivity index (χ2n) is 22.0. The molecule has 0 amide bonds. The molecule has 0 radical (unpaired) electrons. The zero-order chi connectivity index (χ0) is 52.9. The van der Waals surface area contributed by atoms with Gasteiger partial charge in [0.15, 0.2) is 6.10 Å². The Balaban J connectivity index is 3.93. The first-order valence-corrected chi connectivity index (χ1v) is 32.5. The summed E-state index contributed by atoms with van der Waals surface area (Å²) in [5, 5.41) is 0. The van der Waals surface area contributed by atoms with Crippen molar-refractivity contribution in [3.05, 3.63) is 36.5 Å². The summed E-state index contributed by atoms with van der Waals surface area (Å²) in [7, 11) is 0. The molecule has 0 N–H and O–H groups in total. The number of carbonyl (C=O) groups is 3. The molecule has 0 aliphatic carbocycles. The lowest BCUT2D eigenvalue weighted by Gasteiger charge is -2.18. The molecule has 0 aliphatic rings. The molecule has 0 saturated heterocycles. The molecule has 73 heavy (non-hydrogen) atoms. The lowest BCUT2D eigenvalue weighted by molar-refractivity contribution is -0.167. The number of rotatable bonds is 60. The van der Waals surface area contributed by atoms with Gasteiger partial charge in [-0.2, -0.15) is 0 Å². The van der Waals surface area contributed by atoms with Crippen LogP contribution in [0.4, 0.5) is 0 Å². The van der Waals surface area contributed by atoms with Crippen LogP contribution in [0, 0.1) is 0 Å². The molecule has 0 saturated carbocycles. The third-order valence-electron chi connectivity index (χ3n) is 14.6. The topological polar surface area (TPSA) is 78.9 Å². The Labute approximate surface area is 455 Å². The second kappa shape index (κ2) is 62.2. The van der Waals surface area contributed by atoms with Crippen molar-refractivity contribution in [2.24, 2.45) is 0 Å². The minimum absolute atomic E-state index is 0.0661. The van der Waals surface area contributed by atoms with Gasteiger partial charge in [-0.25, -0.2) is 0 Å². The molecule has 0 bridgehead atoms. The monoisotopic (exact) mass is 1020 g/mol. The molecule has 1 unspecified atom stereocenters. The molecule has 428 valence electrons. The number of ether oxygens (including phenoxy) is 3. The first kappa shape index (κ1) is 70.6. The molecular formula is C67H124O6. The van der Waals surface area contributed by atoms with Crippen LogP contribution in [0.5, 0.6) is 0 Å². The van der Waals surface area contributed by atoms with E-state index in [4.69, 9.17) is 14.2 Å². The molecule has 6 nitrogen and oxygen atoms in total. The molecule has 0 rings (SSSR count). The van der Waals surface area contributed by atoms with Crippen LogP contribution in [0.2, 0.25) is 0 Å². The number of carbonyl (C=O) groups excluding carboxylic acids is 3. The van der Waals surface area contributed by atoms with E-state index in [1.54, 1.807) is 0 Å². The van der Waals surface area contributed by atoms with Crippen molar-refractivity contribution in [2.75, 3.05) is 13.2 Å². The third-order valence-corrected chi connectivity index (χ3v) is 14.6. The molecule has 1 atom stereocenters. The normalized spacial score (nSPS) is 12.2. The Morgan fingerprint density at radius 1 is 0.274 bits per heavy atom. The maximum absolute atomic E-state index is 12.8. The predicted molar refractivity (Wildman–Crippen MR) is 316 cm³/mol. The lowest BCUT2D eigenvalue weighted by Crippen LogP contribution is -2.30. The third kappa shape index (κ3) is 60.4. The van der Waals surface area contributed by atoms with Gasteiger partial charge in [-0.05, 0) is 57.8 Å². The first-order chi connectivity index (χ1) is 36.0. The summed E-state index contributed by atoms with van der Waals surface area (Å²) in [5.41, 5.74) is 0. The maximum Gasteiger partial charge on any atom is 0.306 e. The van der Waals surface area contributed by atoms with Crippen molar-refractivity contribution in [3.8, 4) is 0 Å². The minimum Gasteiger partial charge on any atom is -0.462 e. The molecule has 0 fully saturated rings. The highest BCUT2D eigenvalue weighted by atomic mass is 16.6. The zero-order valence-electron chi connectivity index (χ0n) is 49.2. The van der Waals surface area contributed by atoms with E-state index in [1.165, 1.54) is 244 Å². The molecule has 0 aromatic carbocycles. The van der Waals surface area contributed by atoms with Gasteiger partial charge in [0.1, 0.15) is 13.2 Å². The smallest absolute Gasteiger partial charge is 0.306 e. The van der Waals surface area contributed by atoms with Crippen molar-refractivity contribution in [2.45, 2.75) is 361 Å². The van der Waals surface area contributed by atoms with Crippen molar-refractivity contribution in [1.29, 1.82) is 0 Å². The maximum atomic E-state index is 12.8. The molecule has 0 aliphatic heterocycles. The van der Waals surface area contributed by atoms with E-state index in [1.807, 2.05) is 0 Å². The van der Waals surface area contributed by atoms with Gasteiger partial charge in [0.25, 0.3) is 0 Å². The molecule has 6 heteroatoms. The number of hydrogen-bond acceptors (Lipinski definition) is 6. The van der Waals surface area contributed by atoms with Crippen molar-refractivity contribution in [1.82, 2.24) is 0 Å². The summed E-state index contributed by atoms with van der Waals surface area (Å²) >= 11 is 0. The van der Waals surface area contributed by atoms with Gasteiger partial charge >= 0.3 is 17.9 Å². The largest absolute Gasteiger partial charge is 0.462 e. The number of hydrogen-bond donors (Lipinski definition) is 0. The average Bonchev–Trinajstić information content (AvgIpc) is 3.39. The van der Waals surface area contributed by atoms with Crippen LogP contribution in [0.15, 0.2) is 36.5 Å². The molecule has 0 aromatic rings.